The zero-order valence-corrected chi connectivity index (χ0v) is 7.38. The lowest BCUT2D eigenvalue weighted by Gasteiger charge is -2.26. The van der Waals surface area contributed by atoms with Crippen LogP contribution < -0.4 is 5.73 Å². The van der Waals surface area contributed by atoms with Crippen molar-refractivity contribution in [1.82, 2.24) is 0 Å². The first kappa shape index (κ1) is 9.01. The summed E-state index contributed by atoms with van der Waals surface area (Å²) in [7, 11) is 1.72. The molecule has 2 nitrogen and oxygen atoms in total. The van der Waals surface area contributed by atoms with E-state index in [0.29, 0.717) is 0 Å². The molecular weight excluding hydrogens is 138 g/mol. The number of ether oxygens (including phenoxy) is 1. The molecule has 1 fully saturated rings. The summed E-state index contributed by atoms with van der Waals surface area (Å²) >= 11 is 0. The third kappa shape index (κ3) is 2.80. The van der Waals surface area contributed by atoms with Crippen molar-refractivity contribution in [3.8, 4) is 0 Å². The predicted molar refractivity (Wildman–Crippen MR) is 46.4 cm³/mol. The van der Waals surface area contributed by atoms with E-state index in [1.807, 2.05) is 0 Å². The fraction of sp³-hybridized carbons (Fsp3) is 1.00. The number of methoxy groups -OCH3 is 1. The number of hydrogen-bond donors (Lipinski definition) is 1. The van der Waals surface area contributed by atoms with E-state index in [4.69, 9.17) is 10.5 Å². The van der Waals surface area contributed by atoms with Crippen molar-refractivity contribution in [2.45, 2.75) is 38.1 Å². The topological polar surface area (TPSA) is 35.2 Å². The number of nitrogens with two attached hydrogens (primary N) is 1. The average Bonchev–Trinajstić information content (AvgIpc) is 2.07. The van der Waals surface area contributed by atoms with Crippen LogP contribution in [0.25, 0.3) is 0 Å². The van der Waals surface area contributed by atoms with E-state index in [1.165, 1.54) is 32.1 Å². The standard InChI is InChI=1S/C9H19NO/c1-11-7-9(10)8-5-3-2-4-6-8/h8-9H,2-7,10H2,1H3/t9-/m1/s1. The van der Waals surface area contributed by atoms with Crippen molar-refractivity contribution in [3.05, 3.63) is 0 Å². The Morgan fingerprint density at radius 1 is 1.36 bits per heavy atom. The molecule has 0 spiro atoms. The van der Waals surface area contributed by atoms with Gasteiger partial charge >= 0.3 is 0 Å². The van der Waals surface area contributed by atoms with Gasteiger partial charge in [0.2, 0.25) is 0 Å². The molecule has 0 amide bonds. The van der Waals surface area contributed by atoms with Crippen molar-refractivity contribution in [1.29, 1.82) is 0 Å². The Morgan fingerprint density at radius 3 is 2.55 bits per heavy atom. The molecule has 0 aliphatic heterocycles. The fourth-order valence-corrected chi connectivity index (χ4v) is 1.89. The van der Waals surface area contributed by atoms with Crippen molar-refractivity contribution >= 4 is 0 Å². The summed E-state index contributed by atoms with van der Waals surface area (Å²) in [5.74, 6) is 0.726. The van der Waals surface area contributed by atoms with Crippen molar-refractivity contribution in [3.63, 3.8) is 0 Å². The molecule has 2 N–H and O–H groups in total. The highest BCUT2D eigenvalue weighted by Crippen LogP contribution is 2.25. The van der Waals surface area contributed by atoms with E-state index < -0.39 is 0 Å². The average molecular weight is 157 g/mol. The Labute approximate surface area is 69.1 Å². The molecule has 0 unspecified atom stereocenters. The molecule has 0 saturated heterocycles. The lowest BCUT2D eigenvalue weighted by molar-refractivity contribution is 0.144. The Balaban J connectivity index is 2.21. The molecule has 1 saturated carbocycles. The smallest absolute Gasteiger partial charge is 0.0616 e. The summed E-state index contributed by atoms with van der Waals surface area (Å²) in [6, 6.07) is 0.278. The highest BCUT2D eigenvalue weighted by atomic mass is 16.5. The van der Waals surface area contributed by atoms with Gasteiger partial charge in [-0.05, 0) is 18.8 Å². The van der Waals surface area contributed by atoms with Crippen LogP contribution in [0.3, 0.4) is 0 Å². The summed E-state index contributed by atoms with van der Waals surface area (Å²) < 4.78 is 5.03. The van der Waals surface area contributed by atoms with Gasteiger partial charge in [-0.25, -0.2) is 0 Å². The quantitative estimate of drug-likeness (QED) is 0.674. The molecule has 0 heterocycles. The molecule has 0 aromatic carbocycles. The monoisotopic (exact) mass is 157 g/mol. The Bertz CT molecular complexity index is 99.7. The maximum Gasteiger partial charge on any atom is 0.0616 e. The van der Waals surface area contributed by atoms with E-state index in [-0.39, 0.29) is 6.04 Å². The third-order valence-electron chi connectivity index (χ3n) is 2.61. The molecule has 11 heavy (non-hydrogen) atoms. The zero-order valence-electron chi connectivity index (χ0n) is 7.38. The van der Waals surface area contributed by atoms with Crippen LogP contribution in [-0.2, 0) is 4.74 Å². The maximum atomic E-state index is 5.93. The second-order valence-corrected chi connectivity index (χ2v) is 3.52. The van der Waals surface area contributed by atoms with Gasteiger partial charge in [-0.1, -0.05) is 19.3 Å². The van der Waals surface area contributed by atoms with Gasteiger partial charge in [0, 0.05) is 13.2 Å². The van der Waals surface area contributed by atoms with Crippen molar-refractivity contribution < 1.29 is 4.74 Å². The van der Waals surface area contributed by atoms with E-state index >= 15 is 0 Å². The number of hydrogen-bond acceptors (Lipinski definition) is 2. The second-order valence-electron chi connectivity index (χ2n) is 3.52. The lowest BCUT2D eigenvalue weighted by Crippen LogP contribution is -2.35. The van der Waals surface area contributed by atoms with Crippen LogP contribution in [0.5, 0.6) is 0 Å². The fourth-order valence-electron chi connectivity index (χ4n) is 1.89. The first-order valence-corrected chi connectivity index (χ1v) is 4.59. The summed E-state index contributed by atoms with van der Waals surface area (Å²) in [5, 5.41) is 0. The molecular formula is C9H19NO. The zero-order chi connectivity index (χ0) is 8.10. The van der Waals surface area contributed by atoms with Crippen LogP contribution in [0.1, 0.15) is 32.1 Å². The Hall–Kier alpha value is -0.0800. The lowest BCUT2D eigenvalue weighted by atomic mass is 9.84. The van der Waals surface area contributed by atoms with E-state index in [0.717, 1.165) is 12.5 Å². The molecule has 1 rings (SSSR count). The third-order valence-corrected chi connectivity index (χ3v) is 2.61. The first-order valence-electron chi connectivity index (χ1n) is 4.59. The van der Waals surface area contributed by atoms with Crippen LogP contribution in [-0.4, -0.2) is 19.8 Å². The van der Waals surface area contributed by atoms with Gasteiger partial charge in [-0.2, -0.15) is 0 Å². The second kappa shape index (κ2) is 4.73. The van der Waals surface area contributed by atoms with Crippen LogP contribution in [0.15, 0.2) is 0 Å². The molecule has 1 aliphatic rings. The van der Waals surface area contributed by atoms with Crippen molar-refractivity contribution in [2.75, 3.05) is 13.7 Å². The van der Waals surface area contributed by atoms with E-state index in [2.05, 4.69) is 0 Å². The van der Waals surface area contributed by atoms with Crippen LogP contribution in [0, 0.1) is 5.92 Å². The van der Waals surface area contributed by atoms with Gasteiger partial charge < -0.3 is 10.5 Å². The SMILES string of the molecule is COC[C@@H](N)C1CCCCC1. The molecule has 0 aromatic rings. The summed E-state index contributed by atoms with van der Waals surface area (Å²) in [5.41, 5.74) is 5.93. The van der Waals surface area contributed by atoms with Gasteiger partial charge in [0.1, 0.15) is 0 Å². The van der Waals surface area contributed by atoms with Crippen LogP contribution >= 0.6 is 0 Å². The van der Waals surface area contributed by atoms with Gasteiger partial charge in [-0.15, -0.1) is 0 Å². The summed E-state index contributed by atoms with van der Waals surface area (Å²) in [6.45, 7) is 0.727. The highest BCUT2D eigenvalue weighted by Gasteiger charge is 2.19. The number of rotatable bonds is 3. The predicted octanol–water partition coefficient (Wildman–Crippen LogP) is 1.54. The minimum absolute atomic E-state index is 0.278. The minimum Gasteiger partial charge on any atom is -0.383 e. The van der Waals surface area contributed by atoms with Gasteiger partial charge in [0.25, 0.3) is 0 Å². The van der Waals surface area contributed by atoms with Crippen molar-refractivity contribution in [2.24, 2.45) is 11.7 Å². The molecule has 0 aromatic heterocycles. The van der Waals surface area contributed by atoms with Crippen LogP contribution in [0.2, 0.25) is 0 Å². The first-order chi connectivity index (χ1) is 5.34. The van der Waals surface area contributed by atoms with Gasteiger partial charge in [0.05, 0.1) is 6.61 Å². The summed E-state index contributed by atoms with van der Waals surface area (Å²) in [6.07, 6.45) is 6.75. The molecule has 66 valence electrons. The largest absolute Gasteiger partial charge is 0.383 e. The Morgan fingerprint density at radius 2 is 2.00 bits per heavy atom. The van der Waals surface area contributed by atoms with E-state index in [1.54, 1.807) is 7.11 Å². The molecule has 1 atom stereocenters. The van der Waals surface area contributed by atoms with Crippen LogP contribution in [0.4, 0.5) is 0 Å². The molecule has 2 heteroatoms. The molecule has 0 radical (unpaired) electrons. The molecule has 1 aliphatic carbocycles. The Kier molecular flexibility index (Phi) is 3.87. The normalized spacial score (nSPS) is 23.5. The maximum absolute atomic E-state index is 5.93. The van der Waals surface area contributed by atoms with E-state index in [9.17, 15) is 0 Å². The molecule has 0 bridgehead atoms. The van der Waals surface area contributed by atoms with Gasteiger partial charge in [-0.3, -0.25) is 0 Å². The summed E-state index contributed by atoms with van der Waals surface area (Å²) in [4.78, 5) is 0. The highest BCUT2D eigenvalue weighted by molar-refractivity contribution is 4.75. The van der Waals surface area contributed by atoms with Gasteiger partial charge in [0.15, 0.2) is 0 Å². The minimum atomic E-state index is 0.278.